The summed E-state index contributed by atoms with van der Waals surface area (Å²) in [5, 5.41) is 0. The summed E-state index contributed by atoms with van der Waals surface area (Å²) in [4.78, 5) is 23.1. The van der Waals surface area contributed by atoms with Crippen molar-refractivity contribution in [3.8, 4) is 5.75 Å². The number of rotatable bonds is 7. The Morgan fingerprint density at radius 2 is 1.83 bits per heavy atom. The SMILES string of the molecule is CCOc1ccc(N2C(=O)CCS2(=O)=O)cc1S(=O)(=O)Nc1ccc(C(C)=O)cc1. The van der Waals surface area contributed by atoms with Crippen molar-refractivity contribution in [3.05, 3.63) is 48.0 Å². The zero-order valence-corrected chi connectivity index (χ0v) is 17.9. The van der Waals surface area contributed by atoms with Crippen LogP contribution in [0.15, 0.2) is 47.4 Å². The Kier molecular flexibility index (Phi) is 5.86. The highest BCUT2D eigenvalue weighted by Gasteiger charge is 2.37. The number of Topliss-reactive ketones (excluding diaryl/α,β-unsaturated/α-hetero) is 1. The van der Waals surface area contributed by atoms with Crippen LogP contribution in [0.1, 0.15) is 30.6 Å². The van der Waals surface area contributed by atoms with E-state index in [4.69, 9.17) is 4.74 Å². The molecule has 1 N–H and O–H groups in total. The van der Waals surface area contributed by atoms with Gasteiger partial charge >= 0.3 is 0 Å². The summed E-state index contributed by atoms with van der Waals surface area (Å²) in [6.07, 6.45) is -0.168. The first-order valence-electron chi connectivity index (χ1n) is 9.01. The minimum Gasteiger partial charge on any atom is -0.492 e. The summed E-state index contributed by atoms with van der Waals surface area (Å²) in [6.45, 7) is 3.25. The molecule has 1 heterocycles. The fourth-order valence-corrected chi connectivity index (χ4v) is 5.64. The normalized spacial score (nSPS) is 15.8. The maximum absolute atomic E-state index is 13.0. The third-order valence-corrected chi connectivity index (χ3v) is 7.47. The number of sulfonamides is 2. The lowest BCUT2D eigenvalue weighted by Crippen LogP contribution is -2.29. The molecule has 0 aliphatic carbocycles. The second-order valence-electron chi connectivity index (χ2n) is 6.53. The number of carbonyl (C=O) groups excluding carboxylic acids is 2. The van der Waals surface area contributed by atoms with Gasteiger partial charge in [0.25, 0.3) is 10.0 Å². The van der Waals surface area contributed by atoms with Crippen molar-refractivity contribution in [3.63, 3.8) is 0 Å². The van der Waals surface area contributed by atoms with Gasteiger partial charge in [-0.15, -0.1) is 0 Å². The molecule has 2 aromatic carbocycles. The molecular weight excluding hydrogens is 432 g/mol. The highest BCUT2D eigenvalue weighted by Crippen LogP contribution is 2.33. The van der Waals surface area contributed by atoms with Gasteiger partial charge in [0.15, 0.2) is 5.78 Å². The fourth-order valence-electron chi connectivity index (χ4n) is 2.96. The molecule has 2 aromatic rings. The van der Waals surface area contributed by atoms with Crippen LogP contribution in [0.2, 0.25) is 0 Å². The number of amides is 1. The van der Waals surface area contributed by atoms with Crippen LogP contribution < -0.4 is 13.8 Å². The zero-order chi connectivity index (χ0) is 22.1. The van der Waals surface area contributed by atoms with E-state index in [0.29, 0.717) is 9.87 Å². The first kappa shape index (κ1) is 21.8. The van der Waals surface area contributed by atoms with Crippen molar-refractivity contribution in [2.45, 2.75) is 25.2 Å². The number of carbonyl (C=O) groups is 2. The Balaban J connectivity index is 2.03. The van der Waals surface area contributed by atoms with Crippen LogP contribution in [-0.2, 0) is 24.8 Å². The first-order valence-corrected chi connectivity index (χ1v) is 12.1. The van der Waals surface area contributed by atoms with Crippen molar-refractivity contribution in [1.82, 2.24) is 0 Å². The molecule has 160 valence electrons. The third-order valence-electron chi connectivity index (χ3n) is 4.37. The molecule has 1 aliphatic rings. The predicted octanol–water partition coefficient (Wildman–Crippen LogP) is 2.16. The van der Waals surface area contributed by atoms with Crippen LogP contribution in [0.5, 0.6) is 5.75 Å². The molecule has 9 nitrogen and oxygen atoms in total. The summed E-state index contributed by atoms with van der Waals surface area (Å²) in [5.41, 5.74) is 0.554. The average molecular weight is 453 g/mol. The van der Waals surface area contributed by atoms with E-state index in [0.717, 1.165) is 6.07 Å². The minimum absolute atomic E-state index is 0.0122. The molecular formula is C19H20N2O7S2. The van der Waals surface area contributed by atoms with Gasteiger partial charge < -0.3 is 4.74 Å². The molecule has 1 aliphatic heterocycles. The minimum atomic E-state index is -4.20. The number of ketones is 1. The number of ether oxygens (including phenoxy) is 1. The molecule has 1 amide bonds. The van der Waals surface area contributed by atoms with E-state index in [1.54, 1.807) is 6.92 Å². The largest absolute Gasteiger partial charge is 0.492 e. The van der Waals surface area contributed by atoms with Crippen molar-refractivity contribution in [2.75, 3.05) is 21.4 Å². The van der Waals surface area contributed by atoms with E-state index in [1.165, 1.54) is 43.3 Å². The van der Waals surface area contributed by atoms with Crippen LogP contribution >= 0.6 is 0 Å². The second kappa shape index (κ2) is 8.07. The molecule has 0 saturated carbocycles. The van der Waals surface area contributed by atoms with E-state index in [1.807, 2.05) is 0 Å². The number of nitrogens with zero attached hydrogens (tertiary/aromatic N) is 1. The quantitative estimate of drug-likeness (QED) is 0.638. The molecule has 0 aromatic heterocycles. The van der Waals surface area contributed by atoms with E-state index in [9.17, 15) is 26.4 Å². The summed E-state index contributed by atoms with van der Waals surface area (Å²) in [7, 11) is -8.05. The van der Waals surface area contributed by atoms with Gasteiger partial charge in [-0.3, -0.25) is 14.3 Å². The summed E-state index contributed by atoms with van der Waals surface area (Å²) in [6, 6.07) is 9.57. The van der Waals surface area contributed by atoms with E-state index in [2.05, 4.69) is 4.72 Å². The van der Waals surface area contributed by atoms with Crippen LogP contribution in [0.3, 0.4) is 0 Å². The van der Waals surface area contributed by atoms with Crippen molar-refractivity contribution in [2.24, 2.45) is 0 Å². The van der Waals surface area contributed by atoms with Crippen molar-refractivity contribution in [1.29, 1.82) is 0 Å². The maximum atomic E-state index is 13.0. The predicted molar refractivity (Wildman–Crippen MR) is 111 cm³/mol. The Hall–Kier alpha value is -2.92. The Labute approximate surface area is 174 Å². The highest BCUT2D eigenvalue weighted by atomic mass is 32.2. The van der Waals surface area contributed by atoms with Gasteiger partial charge in [0, 0.05) is 17.7 Å². The first-order chi connectivity index (χ1) is 14.0. The molecule has 0 radical (unpaired) electrons. The fraction of sp³-hybridized carbons (Fsp3) is 0.263. The molecule has 0 bridgehead atoms. The lowest BCUT2D eigenvalue weighted by Gasteiger charge is -2.18. The topological polar surface area (TPSA) is 127 Å². The third kappa shape index (κ3) is 4.31. The van der Waals surface area contributed by atoms with E-state index >= 15 is 0 Å². The molecule has 0 atom stereocenters. The molecule has 0 unspecified atom stereocenters. The standard InChI is InChI=1S/C19H20N2O7S2/c1-3-28-17-9-8-16(21-19(23)10-11-29(21,24)25)12-18(17)30(26,27)20-15-6-4-14(5-7-15)13(2)22/h4-9,12,20H,3,10-11H2,1-2H3. The molecule has 30 heavy (non-hydrogen) atoms. The molecule has 0 spiro atoms. The van der Waals surface area contributed by atoms with Crippen LogP contribution in [0, 0.1) is 0 Å². The maximum Gasteiger partial charge on any atom is 0.265 e. The number of hydrogen-bond donors (Lipinski definition) is 1. The summed E-state index contributed by atoms with van der Waals surface area (Å²) in [5.74, 6) is -1.11. The Bertz CT molecular complexity index is 1200. The van der Waals surface area contributed by atoms with Gasteiger partial charge in [-0.05, 0) is 56.3 Å². The second-order valence-corrected chi connectivity index (χ2v) is 10.1. The number of hydrogen-bond acceptors (Lipinski definition) is 7. The van der Waals surface area contributed by atoms with Gasteiger partial charge in [0.05, 0.1) is 18.0 Å². The molecule has 1 fully saturated rings. The van der Waals surface area contributed by atoms with Gasteiger partial charge in [-0.1, -0.05) is 0 Å². The molecule has 1 saturated heterocycles. The van der Waals surface area contributed by atoms with Gasteiger partial charge in [0.1, 0.15) is 10.6 Å². The Morgan fingerprint density at radius 3 is 2.37 bits per heavy atom. The van der Waals surface area contributed by atoms with Gasteiger partial charge in [-0.25, -0.2) is 21.1 Å². The molecule has 3 rings (SSSR count). The van der Waals surface area contributed by atoms with E-state index in [-0.39, 0.29) is 46.6 Å². The number of nitrogens with one attached hydrogen (secondary N) is 1. The highest BCUT2D eigenvalue weighted by molar-refractivity contribution is 7.94. The van der Waals surface area contributed by atoms with E-state index < -0.39 is 26.0 Å². The number of anilines is 2. The zero-order valence-electron chi connectivity index (χ0n) is 16.3. The summed E-state index contributed by atoms with van der Waals surface area (Å²) < 4.78 is 58.8. The van der Waals surface area contributed by atoms with Crippen molar-refractivity contribution >= 4 is 43.1 Å². The van der Waals surface area contributed by atoms with Crippen LogP contribution in [0.25, 0.3) is 0 Å². The smallest absolute Gasteiger partial charge is 0.265 e. The van der Waals surface area contributed by atoms with Crippen LogP contribution in [-0.4, -0.2) is 40.9 Å². The summed E-state index contributed by atoms with van der Waals surface area (Å²) >= 11 is 0. The monoisotopic (exact) mass is 452 g/mol. The van der Waals surface area contributed by atoms with Gasteiger partial charge in [0.2, 0.25) is 15.9 Å². The van der Waals surface area contributed by atoms with Crippen molar-refractivity contribution < 1.29 is 31.2 Å². The Morgan fingerprint density at radius 1 is 1.17 bits per heavy atom. The lowest BCUT2D eigenvalue weighted by atomic mass is 10.1. The van der Waals surface area contributed by atoms with Gasteiger partial charge in [-0.2, -0.15) is 0 Å². The average Bonchev–Trinajstić information content (AvgIpc) is 2.95. The van der Waals surface area contributed by atoms with Crippen LogP contribution in [0.4, 0.5) is 11.4 Å². The number of benzene rings is 2. The molecule has 11 heteroatoms. The lowest BCUT2D eigenvalue weighted by molar-refractivity contribution is -0.116.